The van der Waals surface area contributed by atoms with Gasteiger partial charge in [-0.2, -0.15) is 5.10 Å². The van der Waals surface area contributed by atoms with Gasteiger partial charge in [0.2, 0.25) is 0 Å². The molecule has 0 saturated carbocycles. The number of carbonyl (C=O) groups excluding carboxylic acids is 1. The van der Waals surface area contributed by atoms with E-state index >= 15 is 0 Å². The number of aliphatic hydroxyl groups is 1. The Morgan fingerprint density at radius 2 is 1.95 bits per heavy atom. The number of fused-ring (bicyclic) bond motifs is 2. The maximum Gasteiger partial charge on any atom is 0.256 e. The third-order valence-electron chi connectivity index (χ3n) is 7.62. The monoisotopic (exact) mass is 502 g/mol. The largest absolute Gasteiger partial charge is 0.396 e. The third kappa shape index (κ3) is 5.70. The van der Waals surface area contributed by atoms with E-state index < -0.39 is 0 Å². The quantitative estimate of drug-likeness (QED) is 0.233. The number of anilines is 1. The number of amides is 1. The third-order valence-corrected chi connectivity index (χ3v) is 7.62. The van der Waals surface area contributed by atoms with Gasteiger partial charge in [-0.05, 0) is 64.4 Å². The predicted octanol–water partition coefficient (Wildman–Crippen LogP) is 5.57. The van der Waals surface area contributed by atoms with Crippen molar-refractivity contribution in [3.05, 3.63) is 53.5 Å². The molecule has 0 spiro atoms. The van der Waals surface area contributed by atoms with Crippen LogP contribution in [-0.4, -0.2) is 55.9 Å². The molecule has 0 radical (unpaired) electrons. The first kappa shape index (κ1) is 25.4. The molecule has 3 N–H and O–H groups in total. The normalized spacial score (nSPS) is 16.2. The van der Waals surface area contributed by atoms with Crippen LogP contribution in [0.4, 0.5) is 5.82 Å². The smallest absolute Gasteiger partial charge is 0.256 e. The topological polar surface area (TPSA) is 99.1 Å². The van der Waals surface area contributed by atoms with Crippen molar-refractivity contribution in [3.63, 3.8) is 0 Å². The number of pyridine rings is 1. The summed E-state index contributed by atoms with van der Waals surface area (Å²) in [7, 11) is 2.17. The Kier molecular flexibility index (Phi) is 7.86. The number of likely N-dealkylation sites (tertiary alicyclic amines) is 1. The number of H-pyrrole nitrogens is 1. The standard InChI is InChI=1S/C29H38N6O2/c1-20-23-12-11-21(17-27(23)35(33-20)14-7-5-3-4-6-8-15-36)29(37)32-28-18-24-22(19-30-28)16-25(31-24)26-10-9-13-34(26)2/h11-12,16-19,26,31,36H,3-10,13-15H2,1-2H3,(H,30,32,37)/t26-/m1/s1. The SMILES string of the molecule is Cc1nn(CCCCCCCCO)c2cc(C(=O)Nc3cc4[nH]c([C@H]5CCCN5C)cc4cn3)ccc12. The minimum absolute atomic E-state index is 0.176. The van der Waals surface area contributed by atoms with Crippen molar-refractivity contribution in [2.75, 3.05) is 25.5 Å². The van der Waals surface area contributed by atoms with Gasteiger partial charge in [-0.15, -0.1) is 0 Å². The van der Waals surface area contributed by atoms with E-state index in [-0.39, 0.29) is 12.5 Å². The molecular formula is C29H38N6O2. The zero-order chi connectivity index (χ0) is 25.8. The van der Waals surface area contributed by atoms with Crippen LogP contribution in [0.25, 0.3) is 21.8 Å². The molecule has 4 heterocycles. The molecule has 1 aliphatic heterocycles. The fraction of sp³-hybridized carbons (Fsp3) is 0.483. The van der Waals surface area contributed by atoms with Gasteiger partial charge in [-0.25, -0.2) is 4.98 Å². The molecular weight excluding hydrogens is 464 g/mol. The summed E-state index contributed by atoms with van der Waals surface area (Å²) in [5.74, 6) is 0.363. The summed E-state index contributed by atoms with van der Waals surface area (Å²) in [6.07, 6.45) is 10.7. The lowest BCUT2D eigenvalue weighted by Gasteiger charge is -2.17. The van der Waals surface area contributed by atoms with Crippen molar-refractivity contribution < 1.29 is 9.90 Å². The van der Waals surface area contributed by atoms with Gasteiger partial charge in [0.1, 0.15) is 5.82 Å². The summed E-state index contributed by atoms with van der Waals surface area (Å²) in [4.78, 5) is 23.6. The molecule has 8 nitrogen and oxygen atoms in total. The molecule has 0 unspecified atom stereocenters. The lowest BCUT2D eigenvalue weighted by atomic mass is 10.1. The highest BCUT2D eigenvalue weighted by atomic mass is 16.2. The number of unbranched alkanes of at least 4 members (excludes halogenated alkanes) is 5. The number of benzene rings is 1. The Hall–Kier alpha value is -3.23. The maximum absolute atomic E-state index is 13.1. The minimum Gasteiger partial charge on any atom is -0.396 e. The molecule has 1 amide bonds. The molecule has 1 aliphatic rings. The fourth-order valence-corrected chi connectivity index (χ4v) is 5.52. The maximum atomic E-state index is 13.1. The van der Waals surface area contributed by atoms with Gasteiger partial charge < -0.3 is 15.4 Å². The van der Waals surface area contributed by atoms with Gasteiger partial charge in [0, 0.05) is 53.5 Å². The number of aliphatic hydroxyl groups excluding tert-OH is 1. The average Bonchev–Trinajstić information content (AvgIpc) is 3.59. The first-order chi connectivity index (χ1) is 18.0. The Morgan fingerprint density at radius 1 is 1.14 bits per heavy atom. The molecule has 4 aromatic rings. The molecule has 1 fully saturated rings. The van der Waals surface area contributed by atoms with Crippen molar-refractivity contribution in [2.24, 2.45) is 0 Å². The van der Waals surface area contributed by atoms with Crippen LogP contribution in [0.2, 0.25) is 0 Å². The molecule has 8 heteroatoms. The molecule has 5 rings (SSSR count). The minimum atomic E-state index is -0.176. The highest BCUT2D eigenvalue weighted by Crippen LogP contribution is 2.32. The van der Waals surface area contributed by atoms with Crippen LogP contribution in [0.3, 0.4) is 0 Å². The summed E-state index contributed by atoms with van der Waals surface area (Å²) in [6, 6.07) is 10.3. The lowest BCUT2D eigenvalue weighted by molar-refractivity contribution is 0.102. The van der Waals surface area contributed by atoms with E-state index in [2.05, 4.69) is 33.3 Å². The van der Waals surface area contributed by atoms with Crippen LogP contribution in [0, 0.1) is 6.92 Å². The van der Waals surface area contributed by atoms with E-state index in [0.29, 0.717) is 17.4 Å². The van der Waals surface area contributed by atoms with Gasteiger partial charge in [0.15, 0.2) is 0 Å². The second-order valence-electron chi connectivity index (χ2n) is 10.4. The Labute approximate surface area is 218 Å². The zero-order valence-electron chi connectivity index (χ0n) is 22.0. The molecule has 3 aromatic heterocycles. The first-order valence-corrected chi connectivity index (χ1v) is 13.6. The Bertz CT molecular complexity index is 1370. The molecule has 1 atom stereocenters. The number of aromatic amines is 1. The lowest BCUT2D eigenvalue weighted by Crippen LogP contribution is -2.17. The second kappa shape index (κ2) is 11.4. The summed E-state index contributed by atoms with van der Waals surface area (Å²) in [5.41, 5.74) is 4.76. The number of rotatable bonds is 11. The number of aryl methyl sites for hydroxylation is 2. The van der Waals surface area contributed by atoms with E-state index in [9.17, 15) is 4.79 Å². The van der Waals surface area contributed by atoms with Crippen molar-refractivity contribution in [2.45, 2.75) is 70.9 Å². The number of carbonyl (C=O) groups is 1. The molecule has 1 saturated heterocycles. The van der Waals surface area contributed by atoms with Gasteiger partial charge >= 0.3 is 0 Å². The first-order valence-electron chi connectivity index (χ1n) is 13.6. The summed E-state index contributed by atoms with van der Waals surface area (Å²) >= 11 is 0. The predicted molar refractivity (Wildman–Crippen MR) is 148 cm³/mol. The number of aromatic nitrogens is 4. The molecule has 37 heavy (non-hydrogen) atoms. The van der Waals surface area contributed by atoms with Gasteiger partial charge in [-0.1, -0.05) is 31.7 Å². The van der Waals surface area contributed by atoms with E-state index in [4.69, 9.17) is 10.2 Å². The zero-order valence-corrected chi connectivity index (χ0v) is 22.0. The molecule has 1 aromatic carbocycles. The van der Waals surface area contributed by atoms with Crippen LogP contribution >= 0.6 is 0 Å². The van der Waals surface area contributed by atoms with Crippen LogP contribution in [0.5, 0.6) is 0 Å². The van der Waals surface area contributed by atoms with E-state index in [1.807, 2.05) is 42.1 Å². The number of nitrogens with zero attached hydrogens (tertiary/aromatic N) is 4. The van der Waals surface area contributed by atoms with Crippen LogP contribution < -0.4 is 5.32 Å². The van der Waals surface area contributed by atoms with Crippen molar-refractivity contribution in [3.8, 4) is 0 Å². The van der Waals surface area contributed by atoms with Crippen molar-refractivity contribution in [1.29, 1.82) is 0 Å². The van der Waals surface area contributed by atoms with Crippen molar-refractivity contribution in [1.82, 2.24) is 24.6 Å². The highest BCUT2D eigenvalue weighted by Gasteiger charge is 2.24. The fourth-order valence-electron chi connectivity index (χ4n) is 5.52. The summed E-state index contributed by atoms with van der Waals surface area (Å²) in [6.45, 7) is 4.25. The van der Waals surface area contributed by atoms with E-state index in [1.165, 1.54) is 18.5 Å². The Morgan fingerprint density at radius 3 is 2.73 bits per heavy atom. The van der Waals surface area contributed by atoms with Crippen LogP contribution in [0.15, 0.2) is 36.5 Å². The van der Waals surface area contributed by atoms with Gasteiger partial charge in [-0.3, -0.25) is 14.4 Å². The van der Waals surface area contributed by atoms with Crippen LogP contribution in [-0.2, 0) is 6.54 Å². The second-order valence-corrected chi connectivity index (χ2v) is 10.4. The highest BCUT2D eigenvalue weighted by molar-refractivity contribution is 6.06. The van der Waals surface area contributed by atoms with Gasteiger partial charge in [0.05, 0.1) is 16.7 Å². The van der Waals surface area contributed by atoms with Gasteiger partial charge in [0.25, 0.3) is 5.91 Å². The van der Waals surface area contributed by atoms with E-state index in [0.717, 1.165) is 79.1 Å². The van der Waals surface area contributed by atoms with E-state index in [1.54, 1.807) is 0 Å². The molecule has 0 aliphatic carbocycles. The summed E-state index contributed by atoms with van der Waals surface area (Å²) < 4.78 is 2.03. The summed E-state index contributed by atoms with van der Waals surface area (Å²) in [5, 5.41) is 18.7. The molecule has 196 valence electrons. The number of nitrogens with one attached hydrogen (secondary N) is 2. The van der Waals surface area contributed by atoms with Crippen molar-refractivity contribution >= 4 is 33.5 Å². The molecule has 0 bridgehead atoms. The number of hydrogen-bond donors (Lipinski definition) is 3. The average molecular weight is 503 g/mol. The Balaban J connectivity index is 1.26. The number of hydrogen-bond acceptors (Lipinski definition) is 5. The van der Waals surface area contributed by atoms with Crippen LogP contribution in [0.1, 0.15) is 79.2 Å².